The van der Waals surface area contributed by atoms with Crippen molar-refractivity contribution in [2.45, 2.75) is 26.7 Å². The first kappa shape index (κ1) is 17.0. The third kappa shape index (κ3) is 3.87. The standard InChI is InChI=1S/C16H16N2O4S/c1-3-13(19)18-15(21)12(23-16(18)17)9-10-5-7-11(8-6-10)22-14(20)4-2/h5-9,17H,3-4H2,1-2H3/b12-9-,17-16?. The molecule has 2 amide bonds. The minimum Gasteiger partial charge on any atom is -0.427 e. The van der Waals surface area contributed by atoms with Crippen LogP contribution in [0.1, 0.15) is 32.3 Å². The van der Waals surface area contributed by atoms with Crippen LogP contribution in [0.15, 0.2) is 29.2 Å². The number of thioether (sulfide) groups is 1. The quantitative estimate of drug-likeness (QED) is 0.520. The monoisotopic (exact) mass is 332 g/mol. The van der Waals surface area contributed by atoms with Gasteiger partial charge in [0.15, 0.2) is 5.17 Å². The lowest BCUT2D eigenvalue weighted by atomic mass is 10.2. The lowest BCUT2D eigenvalue weighted by molar-refractivity contribution is -0.136. The van der Waals surface area contributed by atoms with Gasteiger partial charge in [-0.2, -0.15) is 0 Å². The molecule has 0 spiro atoms. The smallest absolute Gasteiger partial charge is 0.310 e. The van der Waals surface area contributed by atoms with Crippen LogP contribution in [0.25, 0.3) is 6.08 Å². The largest absolute Gasteiger partial charge is 0.427 e. The summed E-state index contributed by atoms with van der Waals surface area (Å²) in [6.45, 7) is 3.36. The summed E-state index contributed by atoms with van der Waals surface area (Å²) in [6.07, 6.45) is 2.07. The number of hydrogen-bond acceptors (Lipinski definition) is 6. The van der Waals surface area contributed by atoms with E-state index in [1.54, 1.807) is 44.2 Å². The lowest BCUT2D eigenvalue weighted by Gasteiger charge is -2.09. The van der Waals surface area contributed by atoms with Gasteiger partial charge in [-0.25, -0.2) is 4.90 Å². The van der Waals surface area contributed by atoms with E-state index in [0.717, 1.165) is 22.2 Å². The third-order valence-corrected chi connectivity index (χ3v) is 3.96. The molecule has 23 heavy (non-hydrogen) atoms. The molecule has 1 saturated heterocycles. The highest BCUT2D eigenvalue weighted by molar-refractivity contribution is 8.18. The predicted octanol–water partition coefficient (Wildman–Crippen LogP) is 2.79. The number of hydrogen-bond donors (Lipinski definition) is 1. The normalized spacial score (nSPS) is 16.1. The third-order valence-electron chi connectivity index (χ3n) is 3.07. The van der Waals surface area contributed by atoms with E-state index < -0.39 is 11.8 Å². The zero-order valence-electron chi connectivity index (χ0n) is 12.8. The van der Waals surface area contributed by atoms with Gasteiger partial charge in [0.1, 0.15) is 5.75 Å². The number of amidine groups is 1. The minimum atomic E-state index is -0.478. The van der Waals surface area contributed by atoms with Crippen molar-refractivity contribution in [1.29, 1.82) is 5.41 Å². The highest BCUT2D eigenvalue weighted by Crippen LogP contribution is 2.32. The van der Waals surface area contributed by atoms with Gasteiger partial charge in [-0.1, -0.05) is 26.0 Å². The van der Waals surface area contributed by atoms with E-state index in [-0.39, 0.29) is 17.6 Å². The Labute approximate surface area is 138 Å². The van der Waals surface area contributed by atoms with E-state index >= 15 is 0 Å². The molecular weight excluding hydrogens is 316 g/mol. The van der Waals surface area contributed by atoms with Crippen LogP contribution in [0.5, 0.6) is 5.75 Å². The maximum absolute atomic E-state index is 12.2. The maximum atomic E-state index is 12.2. The summed E-state index contributed by atoms with van der Waals surface area (Å²) in [5, 5.41) is 7.67. The molecule has 1 aliphatic heterocycles. The molecule has 0 saturated carbocycles. The van der Waals surface area contributed by atoms with E-state index in [1.807, 2.05) is 0 Å². The zero-order chi connectivity index (χ0) is 17.0. The number of nitrogens with zero attached hydrogens (tertiary/aromatic N) is 1. The number of nitrogens with one attached hydrogen (secondary N) is 1. The Hall–Kier alpha value is -2.41. The van der Waals surface area contributed by atoms with Crippen molar-refractivity contribution < 1.29 is 19.1 Å². The fourth-order valence-corrected chi connectivity index (χ4v) is 2.72. The van der Waals surface area contributed by atoms with E-state index in [4.69, 9.17) is 10.1 Å². The van der Waals surface area contributed by atoms with Crippen molar-refractivity contribution in [3.63, 3.8) is 0 Å². The van der Waals surface area contributed by atoms with Crippen LogP contribution in [0.2, 0.25) is 0 Å². The summed E-state index contributed by atoms with van der Waals surface area (Å²) in [5.41, 5.74) is 0.718. The van der Waals surface area contributed by atoms with Gasteiger partial charge in [0.05, 0.1) is 4.91 Å². The number of esters is 1. The Balaban J connectivity index is 2.16. The molecule has 6 nitrogen and oxygen atoms in total. The maximum Gasteiger partial charge on any atom is 0.310 e. The highest BCUT2D eigenvalue weighted by atomic mass is 32.2. The first-order chi connectivity index (χ1) is 11.0. The molecule has 1 aromatic rings. The number of amides is 2. The Morgan fingerprint density at radius 3 is 2.43 bits per heavy atom. The van der Waals surface area contributed by atoms with E-state index in [1.165, 1.54) is 0 Å². The summed E-state index contributed by atoms with van der Waals surface area (Å²) in [6, 6.07) is 6.66. The van der Waals surface area contributed by atoms with Crippen molar-refractivity contribution >= 4 is 40.8 Å². The molecule has 0 unspecified atom stereocenters. The van der Waals surface area contributed by atoms with Gasteiger partial charge in [-0.3, -0.25) is 19.8 Å². The Morgan fingerprint density at radius 1 is 1.22 bits per heavy atom. The Bertz CT molecular complexity index is 695. The first-order valence-corrected chi connectivity index (χ1v) is 7.94. The molecule has 2 rings (SSSR count). The summed E-state index contributed by atoms with van der Waals surface area (Å²) < 4.78 is 5.07. The van der Waals surface area contributed by atoms with Gasteiger partial charge in [0, 0.05) is 12.8 Å². The number of carbonyl (C=O) groups excluding carboxylic acids is 3. The van der Waals surface area contributed by atoms with Crippen LogP contribution in [-0.4, -0.2) is 27.9 Å². The second kappa shape index (κ2) is 7.23. The molecular formula is C16H16N2O4S. The van der Waals surface area contributed by atoms with Crippen molar-refractivity contribution in [2.24, 2.45) is 0 Å². The van der Waals surface area contributed by atoms with Crippen molar-refractivity contribution in [3.8, 4) is 5.75 Å². The number of rotatable bonds is 4. The Kier molecular flexibility index (Phi) is 5.33. The van der Waals surface area contributed by atoms with Crippen LogP contribution in [0.3, 0.4) is 0 Å². The van der Waals surface area contributed by atoms with E-state index in [9.17, 15) is 14.4 Å². The predicted molar refractivity (Wildman–Crippen MR) is 87.8 cm³/mol. The van der Waals surface area contributed by atoms with E-state index in [2.05, 4.69) is 0 Å². The van der Waals surface area contributed by atoms with Crippen molar-refractivity contribution in [2.75, 3.05) is 0 Å². The zero-order valence-corrected chi connectivity index (χ0v) is 13.6. The summed E-state index contributed by atoms with van der Waals surface area (Å²) in [5.74, 6) is -0.759. The van der Waals surface area contributed by atoms with Gasteiger partial charge in [-0.15, -0.1) is 0 Å². The van der Waals surface area contributed by atoms with Crippen molar-refractivity contribution in [3.05, 3.63) is 34.7 Å². The molecule has 0 bridgehead atoms. The molecule has 0 aromatic heterocycles. The molecule has 1 heterocycles. The molecule has 7 heteroatoms. The van der Waals surface area contributed by atoms with Gasteiger partial charge in [0.25, 0.3) is 5.91 Å². The van der Waals surface area contributed by atoms with Gasteiger partial charge < -0.3 is 4.74 Å². The summed E-state index contributed by atoms with van der Waals surface area (Å²) in [4.78, 5) is 36.3. The summed E-state index contributed by atoms with van der Waals surface area (Å²) >= 11 is 0.953. The lowest BCUT2D eigenvalue weighted by Crippen LogP contribution is -2.34. The number of carbonyl (C=O) groups is 3. The molecule has 0 radical (unpaired) electrons. The van der Waals surface area contributed by atoms with Crippen LogP contribution in [-0.2, 0) is 14.4 Å². The minimum absolute atomic E-state index is 0.0819. The fourth-order valence-electron chi connectivity index (χ4n) is 1.86. The fraction of sp³-hybridized carbons (Fsp3) is 0.250. The number of benzene rings is 1. The molecule has 120 valence electrons. The molecule has 0 aliphatic carbocycles. The second-order valence-electron chi connectivity index (χ2n) is 4.70. The Morgan fingerprint density at radius 2 is 1.87 bits per heavy atom. The van der Waals surface area contributed by atoms with Crippen LogP contribution in [0.4, 0.5) is 0 Å². The van der Waals surface area contributed by atoms with Crippen molar-refractivity contribution in [1.82, 2.24) is 4.90 Å². The van der Waals surface area contributed by atoms with Crippen LogP contribution in [0, 0.1) is 5.41 Å². The van der Waals surface area contributed by atoms with Crippen LogP contribution >= 0.6 is 11.8 Å². The number of imide groups is 1. The topological polar surface area (TPSA) is 87.5 Å². The average molecular weight is 332 g/mol. The molecule has 1 aromatic carbocycles. The first-order valence-electron chi connectivity index (χ1n) is 7.12. The van der Waals surface area contributed by atoms with Crippen LogP contribution < -0.4 is 4.74 Å². The highest BCUT2D eigenvalue weighted by Gasteiger charge is 2.36. The molecule has 1 aliphatic rings. The second-order valence-corrected chi connectivity index (χ2v) is 5.73. The SMILES string of the molecule is CCC(=O)Oc1ccc(/C=C2\SC(=N)N(C(=O)CC)C2=O)cc1. The van der Waals surface area contributed by atoms with Gasteiger partial charge in [-0.05, 0) is 35.5 Å². The van der Waals surface area contributed by atoms with Gasteiger partial charge in [0.2, 0.25) is 5.91 Å². The molecule has 0 atom stereocenters. The summed E-state index contributed by atoms with van der Waals surface area (Å²) in [7, 11) is 0. The number of ether oxygens (including phenoxy) is 1. The van der Waals surface area contributed by atoms with Gasteiger partial charge >= 0.3 is 5.97 Å². The molecule has 1 fully saturated rings. The van der Waals surface area contributed by atoms with E-state index in [0.29, 0.717) is 17.1 Å². The molecule has 1 N–H and O–H groups in total. The average Bonchev–Trinajstić information content (AvgIpc) is 2.82.